The largest absolute Gasteiger partial charge is 0.361 e. The minimum Gasteiger partial charge on any atom is -0.361 e. The van der Waals surface area contributed by atoms with Gasteiger partial charge < -0.3 is 9.88 Å². The van der Waals surface area contributed by atoms with Gasteiger partial charge in [0, 0.05) is 30.2 Å². The number of likely N-dealkylation sites (N-methyl/N-ethyl adjacent to an activating group) is 1. The molecule has 1 aromatic heterocycles. The third-order valence-corrected chi connectivity index (χ3v) is 4.83. The van der Waals surface area contributed by atoms with E-state index >= 15 is 0 Å². The fraction of sp³-hybridized carbons (Fsp3) is 0.263. The molecule has 0 unspecified atom stereocenters. The van der Waals surface area contributed by atoms with E-state index in [1.54, 1.807) is 0 Å². The molecule has 2 heteroatoms. The van der Waals surface area contributed by atoms with E-state index in [0.29, 0.717) is 0 Å². The number of aromatic nitrogens is 1. The van der Waals surface area contributed by atoms with E-state index in [-0.39, 0.29) is 5.41 Å². The molecular formula is C19H20N2. The maximum absolute atomic E-state index is 3.28. The van der Waals surface area contributed by atoms with Crippen molar-refractivity contribution < 1.29 is 0 Å². The van der Waals surface area contributed by atoms with Crippen LogP contribution < -0.4 is 0 Å². The molecule has 0 bridgehead atoms. The smallest absolute Gasteiger partial charge is 0.0454 e. The van der Waals surface area contributed by atoms with E-state index in [1.807, 2.05) is 6.20 Å². The number of nitrogens with one attached hydrogen (secondary N) is 1. The highest BCUT2D eigenvalue weighted by molar-refractivity contribution is 5.80. The lowest BCUT2D eigenvalue weighted by molar-refractivity contribution is 0.248. The van der Waals surface area contributed by atoms with Gasteiger partial charge in [0.05, 0.1) is 0 Å². The molecular weight excluding hydrogens is 256 g/mol. The molecule has 21 heavy (non-hydrogen) atoms. The average molecular weight is 276 g/mol. The van der Waals surface area contributed by atoms with Gasteiger partial charge >= 0.3 is 0 Å². The average Bonchev–Trinajstić information content (AvgIpc) is 2.94. The van der Waals surface area contributed by atoms with Gasteiger partial charge in [0.15, 0.2) is 0 Å². The van der Waals surface area contributed by atoms with Crippen LogP contribution in [0, 0.1) is 0 Å². The van der Waals surface area contributed by atoms with Crippen molar-refractivity contribution >= 4 is 10.9 Å². The van der Waals surface area contributed by atoms with Gasteiger partial charge in [-0.3, -0.25) is 0 Å². The number of nitrogens with zero attached hydrogens (tertiary/aromatic N) is 1. The molecule has 1 atom stereocenters. The Kier molecular flexibility index (Phi) is 2.69. The Morgan fingerprint density at radius 2 is 1.95 bits per heavy atom. The zero-order chi connectivity index (χ0) is 14.4. The van der Waals surface area contributed by atoms with Crippen molar-refractivity contribution in [2.75, 3.05) is 13.6 Å². The molecule has 0 radical (unpaired) electrons. The fourth-order valence-electron chi connectivity index (χ4n) is 3.81. The number of fused-ring (bicyclic) bond motifs is 2. The van der Waals surface area contributed by atoms with E-state index in [4.69, 9.17) is 0 Å². The summed E-state index contributed by atoms with van der Waals surface area (Å²) in [5.41, 5.74) is 5.57. The lowest BCUT2D eigenvalue weighted by Crippen LogP contribution is -2.42. The number of aromatic amines is 1. The predicted molar refractivity (Wildman–Crippen MR) is 87.5 cm³/mol. The SMILES string of the molecule is CN1Cc2ccccc2[C@](C)(c2ccc3[nH]ccc3c2)C1. The molecule has 4 rings (SSSR count). The summed E-state index contributed by atoms with van der Waals surface area (Å²) >= 11 is 0. The topological polar surface area (TPSA) is 19.0 Å². The van der Waals surface area contributed by atoms with Crippen molar-refractivity contribution in [2.45, 2.75) is 18.9 Å². The van der Waals surface area contributed by atoms with Crippen LogP contribution in [0.1, 0.15) is 23.6 Å². The number of rotatable bonds is 1. The minimum atomic E-state index is 0.0506. The van der Waals surface area contributed by atoms with Crippen LogP contribution >= 0.6 is 0 Å². The van der Waals surface area contributed by atoms with E-state index in [9.17, 15) is 0 Å². The monoisotopic (exact) mass is 276 g/mol. The Bertz CT molecular complexity index is 802. The van der Waals surface area contributed by atoms with Crippen molar-refractivity contribution in [3.8, 4) is 0 Å². The van der Waals surface area contributed by atoms with Crippen molar-refractivity contribution in [3.05, 3.63) is 71.4 Å². The van der Waals surface area contributed by atoms with Gasteiger partial charge in [-0.15, -0.1) is 0 Å². The summed E-state index contributed by atoms with van der Waals surface area (Å²) in [4.78, 5) is 5.70. The third kappa shape index (κ3) is 1.90. The molecule has 3 aromatic rings. The lowest BCUT2D eigenvalue weighted by atomic mass is 9.72. The first-order chi connectivity index (χ1) is 10.2. The standard InChI is InChI=1S/C19H20N2/c1-19(16-7-8-18-14(11-16)9-10-20-18)13-21(2)12-15-5-3-4-6-17(15)19/h3-11,20H,12-13H2,1-2H3/t19-/m0/s1. The molecule has 1 aliphatic rings. The Morgan fingerprint density at radius 1 is 1.10 bits per heavy atom. The lowest BCUT2D eigenvalue weighted by Gasteiger charge is -2.41. The third-order valence-electron chi connectivity index (χ3n) is 4.83. The molecule has 106 valence electrons. The molecule has 0 spiro atoms. The summed E-state index contributed by atoms with van der Waals surface area (Å²) in [6, 6.07) is 17.8. The van der Waals surface area contributed by atoms with E-state index in [0.717, 1.165) is 13.1 Å². The highest BCUT2D eigenvalue weighted by Gasteiger charge is 2.35. The van der Waals surface area contributed by atoms with Crippen LogP contribution in [0.3, 0.4) is 0 Å². The maximum atomic E-state index is 3.28. The predicted octanol–water partition coefficient (Wildman–Crippen LogP) is 3.92. The first-order valence-electron chi connectivity index (χ1n) is 7.51. The van der Waals surface area contributed by atoms with E-state index < -0.39 is 0 Å². The second kappa shape index (κ2) is 4.47. The summed E-state index contributed by atoms with van der Waals surface area (Å²) in [7, 11) is 2.21. The molecule has 0 saturated heterocycles. The molecule has 1 N–H and O–H groups in total. The van der Waals surface area contributed by atoms with Gasteiger partial charge in [-0.1, -0.05) is 37.3 Å². The number of hydrogen-bond acceptors (Lipinski definition) is 1. The Morgan fingerprint density at radius 3 is 2.86 bits per heavy atom. The van der Waals surface area contributed by atoms with Gasteiger partial charge in [0.2, 0.25) is 0 Å². The van der Waals surface area contributed by atoms with Crippen LogP contribution in [-0.4, -0.2) is 23.5 Å². The summed E-state index contributed by atoms with van der Waals surface area (Å²) in [6.07, 6.45) is 2.01. The van der Waals surface area contributed by atoms with Crippen LogP contribution in [0.15, 0.2) is 54.7 Å². The quantitative estimate of drug-likeness (QED) is 0.714. The zero-order valence-electron chi connectivity index (χ0n) is 12.6. The Labute approximate surface area is 125 Å². The van der Waals surface area contributed by atoms with Gasteiger partial charge in [0.1, 0.15) is 0 Å². The van der Waals surface area contributed by atoms with Gasteiger partial charge in [-0.25, -0.2) is 0 Å². The van der Waals surface area contributed by atoms with Crippen LogP contribution in [0.4, 0.5) is 0 Å². The van der Waals surface area contributed by atoms with Crippen molar-refractivity contribution in [1.29, 1.82) is 0 Å². The van der Waals surface area contributed by atoms with E-state index in [1.165, 1.54) is 27.6 Å². The maximum Gasteiger partial charge on any atom is 0.0454 e. The van der Waals surface area contributed by atoms with Crippen LogP contribution in [0.5, 0.6) is 0 Å². The Hall–Kier alpha value is -2.06. The van der Waals surface area contributed by atoms with Crippen molar-refractivity contribution in [3.63, 3.8) is 0 Å². The van der Waals surface area contributed by atoms with Gasteiger partial charge in [-0.05, 0) is 47.3 Å². The summed E-state index contributed by atoms with van der Waals surface area (Å²) in [6.45, 7) is 4.47. The molecule has 0 amide bonds. The minimum absolute atomic E-state index is 0.0506. The zero-order valence-corrected chi connectivity index (χ0v) is 12.6. The Balaban J connectivity index is 1.92. The number of benzene rings is 2. The first-order valence-corrected chi connectivity index (χ1v) is 7.51. The molecule has 0 saturated carbocycles. The van der Waals surface area contributed by atoms with Crippen LogP contribution in [-0.2, 0) is 12.0 Å². The summed E-state index contributed by atoms with van der Waals surface area (Å²) in [5.74, 6) is 0. The first kappa shape index (κ1) is 12.7. The molecule has 2 heterocycles. The number of hydrogen-bond donors (Lipinski definition) is 1. The second-order valence-corrected chi connectivity index (χ2v) is 6.44. The van der Waals surface area contributed by atoms with Gasteiger partial charge in [0.25, 0.3) is 0 Å². The molecule has 1 aliphatic heterocycles. The highest BCUT2D eigenvalue weighted by Crippen LogP contribution is 2.39. The molecule has 2 nitrogen and oxygen atoms in total. The van der Waals surface area contributed by atoms with Crippen molar-refractivity contribution in [2.24, 2.45) is 0 Å². The van der Waals surface area contributed by atoms with Gasteiger partial charge in [-0.2, -0.15) is 0 Å². The van der Waals surface area contributed by atoms with Crippen LogP contribution in [0.25, 0.3) is 10.9 Å². The highest BCUT2D eigenvalue weighted by atomic mass is 15.1. The van der Waals surface area contributed by atoms with Crippen LogP contribution in [0.2, 0.25) is 0 Å². The normalized spacial score (nSPS) is 22.4. The summed E-state index contributed by atoms with van der Waals surface area (Å²) in [5, 5.41) is 1.29. The molecule has 0 aliphatic carbocycles. The summed E-state index contributed by atoms with van der Waals surface area (Å²) < 4.78 is 0. The molecule has 0 fully saturated rings. The fourth-order valence-corrected chi connectivity index (χ4v) is 3.81. The van der Waals surface area contributed by atoms with E-state index in [2.05, 4.69) is 72.4 Å². The van der Waals surface area contributed by atoms with Crippen molar-refractivity contribution in [1.82, 2.24) is 9.88 Å². The second-order valence-electron chi connectivity index (χ2n) is 6.44. The number of H-pyrrole nitrogens is 1. The molecule has 2 aromatic carbocycles.